The molecule has 260 valence electrons. The number of aliphatic hydroxyl groups excluding tert-OH is 2. The van der Waals surface area contributed by atoms with E-state index in [1.807, 2.05) is 46.0 Å². The molecule has 12 nitrogen and oxygen atoms in total. The van der Waals surface area contributed by atoms with Gasteiger partial charge in [-0.2, -0.15) is 0 Å². The Balaban J connectivity index is 2.06. The summed E-state index contributed by atoms with van der Waals surface area (Å²) in [5.41, 5.74) is -0.745. The van der Waals surface area contributed by atoms with Gasteiger partial charge in [-0.05, 0) is 58.6 Å². The number of hydrogen-bond acceptors (Lipinski definition) is 10. The van der Waals surface area contributed by atoms with Crippen molar-refractivity contribution in [1.29, 1.82) is 0 Å². The van der Waals surface area contributed by atoms with Gasteiger partial charge in [0.25, 0.3) is 0 Å². The molecule has 46 heavy (non-hydrogen) atoms. The van der Waals surface area contributed by atoms with Crippen LogP contribution in [0.1, 0.15) is 59.8 Å². The first kappa shape index (κ1) is 39.1. The number of nitrogens with zero attached hydrogens (tertiary/aromatic N) is 3. The van der Waals surface area contributed by atoms with Gasteiger partial charge in [-0.15, -0.1) is 0 Å². The molecule has 3 N–H and O–H groups in total. The fourth-order valence-corrected chi connectivity index (χ4v) is 5.53. The van der Waals surface area contributed by atoms with Crippen LogP contribution < -0.4 is 0 Å². The van der Waals surface area contributed by atoms with Crippen molar-refractivity contribution in [2.24, 2.45) is 17.8 Å². The number of piperazine rings is 1. The first-order valence-corrected chi connectivity index (χ1v) is 16.3. The zero-order chi connectivity index (χ0) is 34.3. The summed E-state index contributed by atoms with van der Waals surface area (Å²) in [5, 5.41) is 30.8. The van der Waals surface area contributed by atoms with Gasteiger partial charge in [0.1, 0.15) is 18.2 Å². The van der Waals surface area contributed by atoms with Crippen LogP contribution in [0.25, 0.3) is 0 Å². The summed E-state index contributed by atoms with van der Waals surface area (Å²) in [5.74, 6) is -0.868. The average Bonchev–Trinajstić information content (AvgIpc) is 3.51. The molecule has 2 amide bonds. The smallest absolute Gasteiger partial charge is 0.410 e. The molecule has 0 spiro atoms. The molecule has 0 radical (unpaired) electrons. The van der Waals surface area contributed by atoms with Crippen LogP contribution in [-0.2, 0) is 19.1 Å². The lowest BCUT2D eigenvalue weighted by atomic mass is 9.86. The molecule has 0 aromatic carbocycles. The molecule has 0 aromatic heterocycles. The molecule has 2 saturated heterocycles. The second kappa shape index (κ2) is 19.6. The highest BCUT2D eigenvalue weighted by Gasteiger charge is 2.36. The topological polar surface area (TPSA) is 157 Å². The third-order valence-electron chi connectivity index (χ3n) is 8.87. The monoisotopic (exact) mass is 649 g/mol. The number of carbonyl (C=O) groups is 4. The second-order valence-corrected chi connectivity index (χ2v) is 13.0. The van der Waals surface area contributed by atoms with Gasteiger partial charge >= 0.3 is 12.2 Å². The van der Waals surface area contributed by atoms with Gasteiger partial charge in [-0.25, -0.2) is 9.59 Å². The highest BCUT2D eigenvalue weighted by molar-refractivity contribution is 5.69. The van der Waals surface area contributed by atoms with E-state index in [-0.39, 0.29) is 50.4 Å². The standard InChI is InChI=1S/C34H55N3O9/c1-25(24-45-33(43)37-16-7-10-28(37)22-39)8-6-9-26(2)30(23-40)27(3)11-12-31(34(4,44)15-13-29(41)14-21-38)46-32(42)36-19-17-35(5)18-20-36/h6,8-9,11-12,21,23,25,27-31,39,41,44H,7,10,13-20,22,24H2,1-5H3/b8-6+,12-11+,26-9+/t25-,27+,28-,29+,30-,31+,34+/m1/s1. The summed E-state index contributed by atoms with van der Waals surface area (Å²) in [6.07, 6.45) is 9.20. The van der Waals surface area contributed by atoms with E-state index in [1.54, 1.807) is 22.0 Å². The summed E-state index contributed by atoms with van der Waals surface area (Å²) < 4.78 is 11.2. The number of aliphatic hydroxyl groups is 3. The number of aldehydes is 2. The van der Waals surface area contributed by atoms with E-state index in [1.165, 1.54) is 6.92 Å². The average molecular weight is 650 g/mol. The van der Waals surface area contributed by atoms with Crippen molar-refractivity contribution in [2.45, 2.75) is 83.6 Å². The molecule has 0 saturated carbocycles. The van der Waals surface area contributed by atoms with E-state index in [9.17, 15) is 34.5 Å². The van der Waals surface area contributed by atoms with Gasteiger partial charge in [-0.1, -0.05) is 43.7 Å². The molecule has 7 atom stereocenters. The van der Waals surface area contributed by atoms with Gasteiger partial charge in [-0.3, -0.25) is 0 Å². The molecule has 2 aliphatic heterocycles. The first-order chi connectivity index (χ1) is 21.8. The SMILES string of the molecule is C/C(=C\C=C\[C@@H](C)COC(=O)N1CCC[C@@H]1CO)[C@@H](C=O)[C@@H](C)/C=C/[C@H](OC(=O)N1CCN(C)CC1)[C@@](C)(O)CC[C@H](O)CC=O. The van der Waals surface area contributed by atoms with Crippen molar-refractivity contribution in [3.63, 3.8) is 0 Å². The number of hydrogen-bond donors (Lipinski definition) is 3. The van der Waals surface area contributed by atoms with Gasteiger partial charge in [0, 0.05) is 51.0 Å². The lowest BCUT2D eigenvalue weighted by molar-refractivity contribution is -0.111. The predicted molar refractivity (Wildman–Crippen MR) is 174 cm³/mol. The van der Waals surface area contributed by atoms with Crippen molar-refractivity contribution in [3.05, 3.63) is 36.0 Å². The minimum atomic E-state index is -1.54. The third-order valence-corrected chi connectivity index (χ3v) is 8.87. The lowest BCUT2D eigenvalue weighted by Gasteiger charge is -2.36. The summed E-state index contributed by atoms with van der Waals surface area (Å²) in [6, 6.07) is -0.188. The van der Waals surface area contributed by atoms with E-state index in [2.05, 4.69) is 4.90 Å². The first-order valence-electron chi connectivity index (χ1n) is 16.3. The fourth-order valence-electron chi connectivity index (χ4n) is 5.53. The Morgan fingerprint density at radius 3 is 2.37 bits per heavy atom. The van der Waals surface area contributed by atoms with Crippen LogP contribution in [0.5, 0.6) is 0 Å². The second-order valence-electron chi connectivity index (χ2n) is 13.0. The van der Waals surface area contributed by atoms with Crippen LogP contribution in [0.15, 0.2) is 36.0 Å². The number of rotatable bonds is 17. The Morgan fingerprint density at radius 2 is 1.74 bits per heavy atom. The number of amides is 2. The maximum atomic E-state index is 13.0. The van der Waals surface area contributed by atoms with E-state index in [0.29, 0.717) is 39.0 Å². The van der Waals surface area contributed by atoms with Crippen molar-refractivity contribution >= 4 is 24.8 Å². The molecule has 12 heteroatoms. The maximum absolute atomic E-state index is 13.0. The van der Waals surface area contributed by atoms with Crippen molar-refractivity contribution < 1.29 is 44.0 Å². The number of likely N-dealkylation sites (tertiary alicyclic amines) is 1. The third kappa shape index (κ3) is 12.6. The minimum Gasteiger partial charge on any atom is -0.449 e. The molecule has 2 rings (SSSR count). The van der Waals surface area contributed by atoms with Gasteiger partial charge in [0.15, 0.2) is 6.10 Å². The van der Waals surface area contributed by atoms with Crippen molar-refractivity contribution in [3.8, 4) is 0 Å². The zero-order valence-electron chi connectivity index (χ0n) is 28.1. The van der Waals surface area contributed by atoms with Crippen molar-refractivity contribution in [2.75, 3.05) is 53.0 Å². The van der Waals surface area contributed by atoms with Gasteiger partial charge in [0.2, 0.25) is 0 Å². The quantitative estimate of drug-likeness (QED) is 0.122. The number of likely N-dealkylation sites (N-methyl/N-ethyl adjacent to an activating group) is 1. The lowest BCUT2D eigenvalue weighted by Crippen LogP contribution is -2.50. The van der Waals surface area contributed by atoms with Gasteiger partial charge in [0.05, 0.1) is 25.4 Å². The van der Waals surface area contributed by atoms with Crippen LogP contribution in [0.2, 0.25) is 0 Å². The van der Waals surface area contributed by atoms with Crippen LogP contribution in [0.4, 0.5) is 9.59 Å². The molecule has 0 aliphatic carbocycles. The Hall–Kier alpha value is -3.06. The van der Waals surface area contributed by atoms with Crippen LogP contribution in [0, 0.1) is 17.8 Å². The minimum absolute atomic E-state index is 0.0522. The molecular formula is C34H55N3O9. The summed E-state index contributed by atoms with van der Waals surface area (Å²) in [4.78, 5) is 53.6. The Bertz CT molecular complexity index is 1070. The normalized spacial score (nSPS) is 22.7. The maximum Gasteiger partial charge on any atom is 0.410 e. The van der Waals surface area contributed by atoms with Crippen LogP contribution in [-0.4, -0.2) is 132 Å². The Kier molecular flexibility index (Phi) is 16.6. The Morgan fingerprint density at radius 1 is 1.04 bits per heavy atom. The summed E-state index contributed by atoms with van der Waals surface area (Å²) in [6.45, 7) is 10.2. The predicted octanol–water partition coefficient (Wildman–Crippen LogP) is 2.96. The highest BCUT2D eigenvalue weighted by Crippen LogP contribution is 2.26. The molecule has 2 heterocycles. The fraction of sp³-hybridized carbons (Fsp3) is 0.706. The Labute approximate surface area is 273 Å². The number of allylic oxidation sites excluding steroid dienone is 4. The molecule has 0 aromatic rings. The summed E-state index contributed by atoms with van der Waals surface area (Å²) >= 11 is 0. The summed E-state index contributed by atoms with van der Waals surface area (Å²) in [7, 11) is 1.97. The zero-order valence-corrected chi connectivity index (χ0v) is 28.1. The molecule has 0 unspecified atom stereocenters. The van der Waals surface area contributed by atoms with E-state index < -0.39 is 35.9 Å². The van der Waals surface area contributed by atoms with Gasteiger partial charge < -0.3 is 49.1 Å². The van der Waals surface area contributed by atoms with Crippen LogP contribution >= 0.6 is 0 Å². The highest BCUT2D eigenvalue weighted by atomic mass is 16.6. The number of carbonyl (C=O) groups excluding carboxylic acids is 4. The van der Waals surface area contributed by atoms with Crippen molar-refractivity contribution in [1.82, 2.24) is 14.7 Å². The molecule has 2 fully saturated rings. The van der Waals surface area contributed by atoms with Crippen LogP contribution in [0.3, 0.4) is 0 Å². The molecule has 2 aliphatic rings. The number of ether oxygens (including phenoxy) is 2. The molecule has 0 bridgehead atoms. The van der Waals surface area contributed by atoms with E-state index in [4.69, 9.17) is 9.47 Å². The largest absolute Gasteiger partial charge is 0.449 e. The van der Waals surface area contributed by atoms with E-state index >= 15 is 0 Å². The molecular weight excluding hydrogens is 594 g/mol. The van der Waals surface area contributed by atoms with E-state index in [0.717, 1.165) is 24.7 Å².